The third-order valence-electron chi connectivity index (χ3n) is 10.6. The van der Waals surface area contributed by atoms with Crippen molar-refractivity contribution < 1.29 is 38.4 Å². The smallest absolute Gasteiger partial charge is 0.306 e. The summed E-state index contributed by atoms with van der Waals surface area (Å²) in [6.07, 6.45) is 10.2. The van der Waals surface area contributed by atoms with Crippen molar-refractivity contribution in [3.63, 3.8) is 0 Å². The molecule has 2 heterocycles. The van der Waals surface area contributed by atoms with Gasteiger partial charge in [0.15, 0.2) is 0 Å². The average molecular weight is 609 g/mol. The van der Waals surface area contributed by atoms with Gasteiger partial charge in [-0.15, -0.1) is 0 Å². The Hall–Kier alpha value is -1.67. The lowest BCUT2D eigenvalue weighted by Crippen LogP contribution is -2.58. The van der Waals surface area contributed by atoms with E-state index < -0.39 is 41.1 Å². The van der Waals surface area contributed by atoms with E-state index in [2.05, 4.69) is 20.8 Å². The summed E-state index contributed by atoms with van der Waals surface area (Å²) in [6, 6.07) is 0. The second-order valence-electron chi connectivity index (χ2n) is 14.8. The lowest BCUT2D eigenvalue weighted by molar-refractivity contribution is -0.185. The van der Waals surface area contributed by atoms with E-state index in [1.165, 1.54) is 46.0 Å². The molecule has 0 aromatic carbocycles. The van der Waals surface area contributed by atoms with Crippen molar-refractivity contribution in [2.24, 2.45) is 23.7 Å². The molecule has 43 heavy (non-hydrogen) atoms. The minimum atomic E-state index is -1.39. The molecule has 1 aliphatic carbocycles. The molecule has 2 aliphatic heterocycles. The highest BCUT2D eigenvalue weighted by molar-refractivity contribution is 5.69. The van der Waals surface area contributed by atoms with Gasteiger partial charge < -0.3 is 24.1 Å². The molecule has 8 nitrogen and oxygen atoms in total. The number of carbonyl (C=O) groups is 3. The Balaban J connectivity index is 1.84. The Labute approximate surface area is 260 Å². The molecule has 3 aliphatic rings. The van der Waals surface area contributed by atoms with Crippen LogP contribution in [0.25, 0.3) is 0 Å². The van der Waals surface area contributed by atoms with Crippen molar-refractivity contribution in [2.75, 3.05) is 0 Å². The van der Waals surface area contributed by atoms with Crippen molar-refractivity contribution in [3.8, 4) is 0 Å². The Morgan fingerprint density at radius 3 is 2.00 bits per heavy atom. The molecule has 0 aromatic heterocycles. The minimum Gasteiger partial charge on any atom is -0.459 e. The second-order valence-corrected chi connectivity index (χ2v) is 14.8. The first-order valence-electron chi connectivity index (χ1n) is 17.1. The van der Waals surface area contributed by atoms with E-state index in [9.17, 15) is 19.5 Å². The number of esters is 3. The second kappa shape index (κ2) is 15.1. The number of rotatable bonds is 13. The Bertz CT molecular complexity index is 946. The molecule has 0 radical (unpaired) electrons. The lowest BCUT2D eigenvalue weighted by Gasteiger charge is -2.51. The third-order valence-corrected chi connectivity index (χ3v) is 10.6. The van der Waals surface area contributed by atoms with Crippen molar-refractivity contribution in [3.05, 3.63) is 0 Å². The van der Waals surface area contributed by atoms with Gasteiger partial charge in [0, 0.05) is 38.5 Å². The van der Waals surface area contributed by atoms with Crippen LogP contribution >= 0.6 is 0 Å². The maximum Gasteiger partial charge on any atom is 0.306 e. The summed E-state index contributed by atoms with van der Waals surface area (Å²) in [5.41, 5.74) is -3.19. The molecule has 1 N–H and O–H groups in total. The van der Waals surface area contributed by atoms with Gasteiger partial charge in [0.25, 0.3) is 0 Å². The van der Waals surface area contributed by atoms with Crippen LogP contribution in [0.2, 0.25) is 0 Å². The average Bonchev–Trinajstić information content (AvgIpc) is 3.28. The van der Waals surface area contributed by atoms with E-state index in [1.807, 2.05) is 13.8 Å². The minimum absolute atomic E-state index is 0.0377. The summed E-state index contributed by atoms with van der Waals surface area (Å²) in [5, 5.41) is 11.9. The molecule has 3 fully saturated rings. The summed E-state index contributed by atoms with van der Waals surface area (Å²) >= 11 is 0. The van der Waals surface area contributed by atoms with Crippen LogP contribution in [0.5, 0.6) is 0 Å². The Morgan fingerprint density at radius 1 is 0.860 bits per heavy atom. The molecule has 9 atom stereocenters. The maximum atomic E-state index is 13.0. The zero-order valence-corrected chi connectivity index (χ0v) is 28.2. The number of fused-ring (bicyclic) bond motifs is 5. The quantitative estimate of drug-likeness (QED) is 0.134. The fourth-order valence-electron chi connectivity index (χ4n) is 8.51. The summed E-state index contributed by atoms with van der Waals surface area (Å²) in [6.45, 7) is 15.1. The zero-order valence-electron chi connectivity index (χ0n) is 28.2. The van der Waals surface area contributed by atoms with Crippen LogP contribution in [0.1, 0.15) is 145 Å². The first-order valence-corrected chi connectivity index (χ1v) is 17.1. The predicted molar refractivity (Wildman–Crippen MR) is 165 cm³/mol. The van der Waals surface area contributed by atoms with Crippen LogP contribution in [0.15, 0.2) is 0 Å². The van der Waals surface area contributed by atoms with Gasteiger partial charge in [0.2, 0.25) is 0 Å². The van der Waals surface area contributed by atoms with Crippen molar-refractivity contribution >= 4 is 17.9 Å². The highest BCUT2D eigenvalue weighted by Gasteiger charge is 2.65. The molecule has 8 heteroatoms. The van der Waals surface area contributed by atoms with Crippen LogP contribution in [0, 0.1) is 23.7 Å². The van der Waals surface area contributed by atoms with E-state index in [-0.39, 0.29) is 36.1 Å². The van der Waals surface area contributed by atoms with E-state index in [4.69, 9.17) is 18.9 Å². The van der Waals surface area contributed by atoms with Crippen LogP contribution in [-0.4, -0.2) is 58.1 Å². The lowest BCUT2D eigenvalue weighted by atomic mass is 9.57. The van der Waals surface area contributed by atoms with E-state index in [1.54, 1.807) is 6.92 Å². The standard InChI is InChI=1S/C35H60O8/c1-9-10-11-12-13-14-15-16-17-29(38)41-28-19-21-35(8,43-25(5)37)32-30-26(23(2)3)18-20-34(7,42-24(4)36)31(30)27(40-32)22-33(28,6)39/h23,26-28,30-32,39H,9-22H2,1-8H3. The molecular weight excluding hydrogens is 548 g/mol. The van der Waals surface area contributed by atoms with E-state index >= 15 is 0 Å². The van der Waals surface area contributed by atoms with Gasteiger partial charge in [-0.2, -0.15) is 0 Å². The van der Waals surface area contributed by atoms with E-state index in [0.717, 1.165) is 25.7 Å². The van der Waals surface area contributed by atoms with Crippen LogP contribution < -0.4 is 0 Å². The number of aliphatic hydroxyl groups is 1. The van der Waals surface area contributed by atoms with Gasteiger partial charge in [-0.25, -0.2) is 0 Å². The number of carbonyl (C=O) groups excluding carboxylic acids is 3. The molecule has 1 saturated carbocycles. The van der Waals surface area contributed by atoms with Gasteiger partial charge in [-0.3, -0.25) is 14.4 Å². The molecule has 3 rings (SSSR count). The highest BCUT2D eigenvalue weighted by Crippen LogP contribution is 2.58. The van der Waals surface area contributed by atoms with Gasteiger partial charge in [-0.1, -0.05) is 65.7 Å². The van der Waals surface area contributed by atoms with Crippen LogP contribution in [0.4, 0.5) is 0 Å². The number of hydrogen-bond donors (Lipinski definition) is 1. The number of unbranched alkanes of at least 4 members (excludes halogenated alkanes) is 7. The van der Waals surface area contributed by atoms with Crippen molar-refractivity contribution in [2.45, 2.75) is 180 Å². The topological polar surface area (TPSA) is 108 Å². The Morgan fingerprint density at radius 2 is 1.42 bits per heavy atom. The summed E-state index contributed by atoms with van der Waals surface area (Å²) in [5.74, 6) is -0.700. The third kappa shape index (κ3) is 8.96. The Kier molecular flexibility index (Phi) is 12.6. The summed E-state index contributed by atoms with van der Waals surface area (Å²) < 4.78 is 25.0. The highest BCUT2D eigenvalue weighted by atomic mass is 16.6. The monoisotopic (exact) mass is 608 g/mol. The molecule has 2 saturated heterocycles. The fraction of sp³-hybridized carbons (Fsp3) is 0.914. The zero-order chi connectivity index (χ0) is 32.0. The molecular formula is C35H60O8. The van der Waals surface area contributed by atoms with E-state index in [0.29, 0.717) is 31.6 Å². The van der Waals surface area contributed by atoms with Crippen molar-refractivity contribution in [1.29, 1.82) is 0 Å². The van der Waals surface area contributed by atoms with Crippen molar-refractivity contribution in [1.82, 2.24) is 0 Å². The molecule has 9 unspecified atom stereocenters. The fourth-order valence-corrected chi connectivity index (χ4v) is 8.51. The maximum absolute atomic E-state index is 13.0. The first-order chi connectivity index (χ1) is 20.1. The molecule has 0 amide bonds. The van der Waals surface area contributed by atoms with Gasteiger partial charge in [0.1, 0.15) is 29.0 Å². The largest absolute Gasteiger partial charge is 0.459 e. The summed E-state index contributed by atoms with van der Waals surface area (Å²) in [4.78, 5) is 37.8. The first kappa shape index (κ1) is 35.8. The SMILES string of the molecule is CCCCCCCCCCC(=O)OC1CCC(C)(OC(C)=O)C2OC(CC1(C)O)C1C2C(C(C)C)CCC1(C)OC(C)=O. The van der Waals surface area contributed by atoms with Gasteiger partial charge in [-0.05, 0) is 64.7 Å². The van der Waals surface area contributed by atoms with Crippen LogP contribution in [0.3, 0.4) is 0 Å². The number of ether oxygens (including phenoxy) is 4. The molecule has 2 bridgehead atoms. The van der Waals surface area contributed by atoms with Gasteiger partial charge in [0.05, 0.1) is 6.10 Å². The summed E-state index contributed by atoms with van der Waals surface area (Å²) in [7, 11) is 0. The number of hydrogen-bond acceptors (Lipinski definition) is 8. The predicted octanol–water partition coefficient (Wildman–Crippen LogP) is 7.07. The van der Waals surface area contributed by atoms with Gasteiger partial charge >= 0.3 is 17.9 Å². The normalized spacial score (nSPS) is 37.5. The molecule has 0 spiro atoms. The molecule has 0 aromatic rings. The van der Waals surface area contributed by atoms with Crippen LogP contribution in [-0.2, 0) is 33.3 Å². The molecule has 248 valence electrons.